The smallest absolute Gasteiger partial charge is 0.377 e. The fourth-order valence-corrected chi connectivity index (χ4v) is 3.29. The number of fused-ring (bicyclic) bond motifs is 1. The SMILES string of the molecule is CCC(C)(C(Nc1cccc2[nH]c(=O)ccc12)c1ccccc1)C(F)(F)F. The predicted octanol–water partition coefficient (Wildman–Crippen LogP) is 5.66. The molecule has 6 heteroatoms. The molecule has 0 saturated heterocycles. The molecule has 0 saturated carbocycles. The lowest BCUT2D eigenvalue weighted by molar-refractivity contribution is -0.225. The van der Waals surface area contributed by atoms with Gasteiger partial charge in [-0.2, -0.15) is 13.2 Å². The lowest BCUT2D eigenvalue weighted by Gasteiger charge is -2.40. The zero-order chi connectivity index (χ0) is 19.7. The van der Waals surface area contributed by atoms with Crippen LogP contribution >= 0.6 is 0 Å². The molecule has 0 spiro atoms. The van der Waals surface area contributed by atoms with Gasteiger partial charge in [0.15, 0.2) is 0 Å². The molecule has 2 unspecified atom stereocenters. The van der Waals surface area contributed by atoms with E-state index in [0.717, 1.165) is 0 Å². The van der Waals surface area contributed by atoms with Gasteiger partial charge in [-0.25, -0.2) is 0 Å². The molecule has 0 amide bonds. The maximum Gasteiger partial charge on any atom is 0.396 e. The molecule has 27 heavy (non-hydrogen) atoms. The number of nitrogens with one attached hydrogen (secondary N) is 2. The van der Waals surface area contributed by atoms with E-state index in [1.54, 1.807) is 61.5 Å². The number of alkyl halides is 3. The average molecular weight is 374 g/mol. The summed E-state index contributed by atoms with van der Waals surface area (Å²) in [7, 11) is 0. The van der Waals surface area contributed by atoms with Crippen molar-refractivity contribution < 1.29 is 13.2 Å². The van der Waals surface area contributed by atoms with E-state index in [9.17, 15) is 18.0 Å². The molecule has 3 nitrogen and oxygen atoms in total. The molecule has 0 aliphatic carbocycles. The van der Waals surface area contributed by atoms with Crippen LogP contribution < -0.4 is 10.9 Å². The largest absolute Gasteiger partial charge is 0.396 e. The molecule has 2 N–H and O–H groups in total. The molecule has 2 atom stereocenters. The Morgan fingerprint density at radius 2 is 1.70 bits per heavy atom. The minimum atomic E-state index is -4.39. The number of aromatic amines is 1. The Bertz CT molecular complexity index is 982. The van der Waals surface area contributed by atoms with Crippen LogP contribution in [0.5, 0.6) is 0 Å². The van der Waals surface area contributed by atoms with Crippen LogP contribution in [0.1, 0.15) is 31.9 Å². The fraction of sp³-hybridized carbons (Fsp3) is 0.286. The van der Waals surface area contributed by atoms with Crippen molar-refractivity contribution in [2.24, 2.45) is 5.41 Å². The highest BCUT2D eigenvalue weighted by Crippen LogP contribution is 2.51. The topological polar surface area (TPSA) is 44.9 Å². The summed E-state index contributed by atoms with van der Waals surface area (Å²) in [6, 6.07) is 15.8. The van der Waals surface area contributed by atoms with Gasteiger partial charge < -0.3 is 10.3 Å². The molecule has 0 aliphatic heterocycles. The predicted molar refractivity (Wildman–Crippen MR) is 102 cm³/mol. The van der Waals surface area contributed by atoms with Crippen LogP contribution in [0.4, 0.5) is 18.9 Å². The van der Waals surface area contributed by atoms with Gasteiger partial charge in [0.1, 0.15) is 0 Å². The summed E-state index contributed by atoms with van der Waals surface area (Å²) in [6.07, 6.45) is -4.47. The molecule has 0 fully saturated rings. The molecule has 142 valence electrons. The van der Waals surface area contributed by atoms with Crippen LogP contribution in [0, 0.1) is 5.41 Å². The minimum absolute atomic E-state index is 0.0787. The van der Waals surface area contributed by atoms with Crippen LogP contribution in [0.15, 0.2) is 65.5 Å². The first-order valence-corrected chi connectivity index (χ1v) is 8.76. The molecule has 3 aromatic rings. The van der Waals surface area contributed by atoms with Gasteiger partial charge in [-0.15, -0.1) is 0 Å². The van der Waals surface area contributed by atoms with Gasteiger partial charge >= 0.3 is 6.18 Å². The number of halogens is 3. The summed E-state index contributed by atoms with van der Waals surface area (Å²) >= 11 is 0. The van der Waals surface area contributed by atoms with Crippen LogP contribution in [-0.2, 0) is 0 Å². The zero-order valence-corrected chi connectivity index (χ0v) is 15.1. The highest BCUT2D eigenvalue weighted by molar-refractivity contribution is 5.91. The van der Waals surface area contributed by atoms with Crippen LogP contribution in [-0.4, -0.2) is 11.2 Å². The highest BCUT2D eigenvalue weighted by Gasteiger charge is 2.55. The molecule has 3 rings (SSSR count). The Morgan fingerprint density at radius 3 is 2.33 bits per heavy atom. The summed E-state index contributed by atoms with van der Waals surface area (Å²) in [5.74, 6) is 0. The first-order valence-electron chi connectivity index (χ1n) is 8.76. The Balaban J connectivity index is 2.15. The van der Waals surface area contributed by atoms with Crippen molar-refractivity contribution in [1.29, 1.82) is 0 Å². The van der Waals surface area contributed by atoms with E-state index in [2.05, 4.69) is 10.3 Å². The van der Waals surface area contributed by atoms with Gasteiger partial charge in [0.05, 0.1) is 17.0 Å². The monoisotopic (exact) mass is 374 g/mol. The Kier molecular flexibility index (Phi) is 5.00. The quantitative estimate of drug-likeness (QED) is 0.605. The molecule has 1 heterocycles. The lowest BCUT2D eigenvalue weighted by atomic mass is 9.75. The van der Waals surface area contributed by atoms with Crippen LogP contribution in [0.2, 0.25) is 0 Å². The summed E-state index contributed by atoms with van der Waals surface area (Å²) in [6.45, 7) is 2.79. The van der Waals surface area contributed by atoms with E-state index in [1.807, 2.05) is 0 Å². The van der Waals surface area contributed by atoms with Gasteiger partial charge in [0, 0.05) is 17.1 Å². The first kappa shape index (κ1) is 19.0. The zero-order valence-electron chi connectivity index (χ0n) is 15.1. The Labute approximate surface area is 155 Å². The van der Waals surface area contributed by atoms with E-state index in [1.165, 1.54) is 13.0 Å². The number of aromatic nitrogens is 1. The van der Waals surface area contributed by atoms with Crippen molar-refractivity contribution in [2.75, 3.05) is 5.32 Å². The number of hydrogen-bond donors (Lipinski definition) is 2. The third-order valence-electron chi connectivity index (χ3n) is 5.22. The van der Waals surface area contributed by atoms with Crippen molar-refractivity contribution >= 4 is 16.6 Å². The second kappa shape index (κ2) is 7.10. The number of anilines is 1. The van der Waals surface area contributed by atoms with E-state index < -0.39 is 17.6 Å². The Morgan fingerprint density at radius 1 is 1.00 bits per heavy atom. The van der Waals surface area contributed by atoms with Crippen LogP contribution in [0.3, 0.4) is 0 Å². The van der Waals surface area contributed by atoms with Crippen molar-refractivity contribution in [3.05, 3.63) is 76.6 Å². The van der Waals surface area contributed by atoms with E-state index in [4.69, 9.17) is 0 Å². The van der Waals surface area contributed by atoms with Crippen molar-refractivity contribution in [2.45, 2.75) is 32.5 Å². The molecule has 0 aliphatic rings. The Hall–Kier alpha value is -2.76. The lowest BCUT2D eigenvalue weighted by Crippen LogP contribution is -2.43. The summed E-state index contributed by atoms with van der Waals surface area (Å²) in [5, 5.41) is 3.78. The second-order valence-corrected chi connectivity index (χ2v) is 6.85. The normalized spacial score (nSPS) is 15.3. The van der Waals surface area contributed by atoms with Crippen molar-refractivity contribution in [3.8, 4) is 0 Å². The van der Waals surface area contributed by atoms with Crippen molar-refractivity contribution in [3.63, 3.8) is 0 Å². The van der Waals surface area contributed by atoms with Crippen LogP contribution in [0.25, 0.3) is 10.9 Å². The molecular formula is C21H21F3N2O. The number of pyridine rings is 1. The van der Waals surface area contributed by atoms with Gasteiger partial charge in [0.25, 0.3) is 0 Å². The number of benzene rings is 2. The first-order chi connectivity index (χ1) is 12.8. The van der Waals surface area contributed by atoms with Gasteiger partial charge in [-0.1, -0.05) is 43.3 Å². The minimum Gasteiger partial charge on any atom is -0.377 e. The summed E-state index contributed by atoms with van der Waals surface area (Å²) in [4.78, 5) is 14.3. The third kappa shape index (κ3) is 3.56. The number of hydrogen-bond acceptors (Lipinski definition) is 2. The molecule has 1 aromatic heterocycles. The molecule has 0 radical (unpaired) electrons. The number of rotatable bonds is 5. The van der Waals surface area contributed by atoms with E-state index >= 15 is 0 Å². The summed E-state index contributed by atoms with van der Waals surface area (Å²) in [5.41, 5.74) is -0.557. The number of H-pyrrole nitrogens is 1. The van der Waals surface area contributed by atoms with Gasteiger partial charge in [0.2, 0.25) is 5.56 Å². The van der Waals surface area contributed by atoms with Gasteiger partial charge in [-0.3, -0.25) is 4.79 Å². The maximum absolute atomic E-state index is 14.0. The van der Waals surface area contributed by atoms with Gasteiger partial charge in [-0.05, 0) is 37.1 Å². The third-order valence-corrected chi connectivity index (χ3v) is 5.22. The van der Waals surface area contributed by atoms with E-state index in [0.29, 0.717) is 22.2 Å². The highest BCUT2D eigenvalue weighted by atomic mass is 19.4. The van der Waals surface area contributed by atoms with E-state index in [-0.39, 0.29) is 12.0 Å². The molecular weight excluding hydrogens is 353 g/mol. The standard InChI is InChI=1S/C21H21F3N2O/c1-3-20(2,21(22,23)24)19(14-8-5-4-6-9-14)26-17-11-7-10-16-15(17)12-13-18(27)25-16/h4-13,19,26H,3H2,1-2H3,(H,25,27). The average Bonchev–Trinajstić information content (AvgIpc) is 2.65. The van der Waals surface area contributed by atoms with Crippen molar-refractivity contribution in [1.82, 2.24) is 4.98 Å². The summed E-state index contributed by atoms with van der Waals surface area (Å²) < 4.78 is 42.1. The molecule has 2 aromatic carbocycles. The maximum atomic E-state index is 14.0. The second-order valence-electron chi connectivity index (χ2n) is 6.85. The fourth-order valence-electron chi connectivity index (χ4n) is 3.29. The molecule has 0 bridgehead atoms.